The minimum atomic E-state index is 1.11. The van der Waals surface area contributed by atoms with Gasteiger partial charge < -0.3 is 0 Å². The molecule has 0 nitrogen and oxygen atoms in total. The SMILES string of the molecule is C=Cc1cccc2c1C(=C)CC2.CC. The van der Waals surface area contributed by atoms with Crippen LogP contribution in [0.2, 0.25) is 0 Å². The van der Waals surface area contributed by atoms with E-state index < -0.39 is 0 Å². The third kappa shape index (κ3) is 1.79. The Hall–Kier alpha value is -1.30. The summed E-state index contributed by atoms with van der Waals surface area (Å²) in [5.74, 6) is 0. The Bertz CT molecular complexity index is 345. The van der Waals surface area contributed by atoms with Crippen molar-refractivity contribution in [1.82, 2.24) is 0 Å². The van der Waals surface area contributed by atoms with Gasteiger partial charge in [0.1, 0.15) is 0 Å². The largest absolute Gasteiger partial charge is 0.0984 e. The predicted molar refractivity (Wildman–Crippen MR) is 65.2 cm³/mol. The first-order valence-corrected chi connectivity index (χ1v) is 5.25. The molecule has 0 aliphatic heterocycles. The molecule has 0 atom stereocenters. The second-order valence-electron chi connectivity index (χ2n) is 3.19. The molecular formula is C14H18. The second kappa shape index (κ2) is 4.80. The average Bonchev–Trinajstić information content (AvgIpc) is 2.64. The minimum absolute atomic E-state index is 1.11. The van der Waals surface area contributed by atoms with Crippen molar-refractivity contribution in [2.45, 2.75) is 26.7 Å². The lowest BCUT2D eigenvalue weighted by Crippen LogP contribution is -1.84. The maximum atomic E-state index is 4.06. The molecule has 14 heavy (non-hydrogen) atoms. The Labute approximate surface area is 87.0 Å². The Morgan fingerprint density at radius 3 is 2.57 bits per heavy atom. The van der Waals surface area contributed by atoms with Crippen molar-refractivity contribution in [3.8, 4) is 0 Å². The molecule has 0 saturated carbocycles. The van der Waals surface area contributed by atoms with E-state index in [4.69, 9.17) is 0 Å². The number of rotatable bonds is 1. The van der Waals surface area contributed by atoms with Crippen LogP contribution in [0, 0.1) is 0 Å². The number of fused-ring (bicyclic) bond motifs is 1. The molecule has 0 unspecified atom stereocenters. The molecule has 0 saturated heterocycles. The van der Waals surface area contributed by atoms with Crippen molar-refractivity contribution < 1.29 is 0 Å². The molecule has 1 aliphatic rings. The van der Waals surface area contributed by atoms with Gasteiger partial charge in [-0.05, 0) is 35.1 Å². The Balaban J connectivity index is 0.000000461. The van der Waals surface area contributed by atoms with Crippen LogP contribution in [0.5, 0.6) is 0 Å². The summed E-state index contributed by atoms with van der Waals surface area (Å²) in [5.41, 5.74) is 5.26. The highest BCUT2D eigenvalue weighted by atomic mass is 14.2. The molecule has 0 bridgehead atoms. The molecule has 1 aromatic carbocycles. The van der Waals surface area contributed by atoms with E-state index in [2.05, 4.69) is 31.4 Å². The van der Waals surface area contributed by atoms with Crippen molar-refractivity contribution in [1.29, 1.82) is 0 Å². The van der Waals surface area contributed by atoms with Gasteiger partial charge in [-0.25, -0.2) is 0 Å². The Kier molecular flexibility index (Phi) is 3.70. The molecule has 0 heteroatoms. The average molecular weight is 186 g/mol. The summed E-state index contributed by atoms with van der Waals surface area (Å²) in [6.07, 6.45) is 4.17. The summed E-state index contributed by atoms with van der Waals surface area (Å²) in [5, 5.41) is 0. The fraction of sp³-hybridized carbons (Fsp3) is 0.286. The maximum absolute atomic E-state index is 4.06. The van der Waals surface area contributed by atoms with Gasteiger partial charge in [0, 0.05) is 0 Å². The topological polar surface area (TPSA) is 0 Å². The van der Waals surface area contributed by atoms with Gasteiger partial charge in [-0.15, -0.1) is 0 Å². The van der Waals surface area contributed by atoms with Gasteiger partial charge in [0.2, 0.25) is 0 Å². The molecule has 0 aromatic heterocycles. The highest BCUT2D eigenvalue weighted by Crippen LogP contribution is 2.33. The van der Waals surface area contributed by atoms with Crippen LogP contribution >= 0.6 is 0 Å². The molecular weight excluding hydrogens is 168 g/mol. The van der Waals surface area contributed by atoms with E-state index in [9.17, 15) is 0 Å². The fourth-order valence-corrected chi connectivity index (χ4v) is 1.84. The zero-order valence-electron chi connectivity index (χ0n) is 9.14. The normalized spacial score (nSPS) is 12.9. The lowest BCUT2D eigenvalue weighted by Gasteiger charge is -2.03. The first kappa shape index (κ1) is 10.8. The summed E-state index contributed by atoms with van der Waals surface area (Å²) in [4.78, 5) is 0. The van der Waals surface area contributed by atoms with Crippen LogP contribution in [0.15, 0.2) is 31.4 Å². The van der Waals surface area contributed by atoms with Crippen molar-refractivity contribution >= 4 is 11.6 Å². The van der Waals surface area contributed by atoms with Gasteiger partial charge in [0.25, 0.3) is 0 Å². The summed E-state index contributed by atoms with van der Waals surface area (Å²) >= 11 is 0. The number of aryl methyl sites for hydroxylation is 1. The zero-order chi connectivity index (χ0) is 10.6. The Morgan fingerprint density at radius 1 is 1.21 bits per heavy atom. The van der Waals surface area contributed by atoms with E-state index in [1.165, 1.54) is 22.3 Å². The molecule has 0 heterocycles. The predicted octanol–water partition coefficient (Wildman–Crippen LogP) is 4.32. The van der Waals surface area contributed by atoms with Gasteiger partial charge in [0.15, 0.2) is 0 Å². The lowest BCUT2D eigenvalue weighted by molar-refractivity contribution is 1.08. The van der Waals surface area contributed by atoms with Crippen LogP contribution in [0.4, 0.5) is 0 Å². The number of hydrogen-bond donors (Lipinski definition) is 0. The molecule has 2 rings (SSSR count). The lowest BCUT2D eigenvalue weighted by atomic mass is 10.0. The monoisotopic (exact) mass is 186 g/mol. The quantitative estimate of drug-likeness (QED) is 0.613. The van der Waals surface area contributed by atoms with E-state index in [0.29, 0.717) is 0 Å². The number of hydrogen-bond acceptors (Lipinski definition) is 0. The van der Waals surface area contributed by atoms with Gasteiger partial charge in [-0.2, -0.15) is 0 Å². The molecule has 0 fully saturated rings. The van der Waals surface area contributed by atoms with Crippen LogP contribution in [0.25, 0.3) is 11.6 Å². The summed E-state index contributed by atoms with van der Waals surface area (Å²) in [6.45, 7) is 11.9. The van der Waals surface area contributed by atoms with Crippen LogP contribution < -0.4 is 0 Å². The van der Waals surface area contributed by atoms with E-state index >= 15 is 0 Å². The number of allylic oxidation sites excluding steroid dienone is 1. The van der Waals surface area contributed by atoms with Gasteiger partial charge in [-0.3, -0.25) is 0 Å². The molecule has 0 N–H and O–H groups in total. The van der Waals surface area contributed by atoms with Gasteiger partial charge >= 0.3 is 0 Å². The van der Waals surface area contributed by atoms with E-state index in [-0.39, 0.29) is 0 Å². The third-order valence-electron chi connectivity index (χ3n) is 2.45. The first-order valence-electron chi connectivity index (χ1n) is 5.25. The number of benzene rings is 1. The van der Waals surface area contributed by atoms with Crippen molar-refractivity contribution in [3.05, 3.63) is 48.0 Å². The molecule has 0 spiro atoms. The summed E-state index contributed by atoms with van der Waals surface area (Å²) < 4.78 is 0. The maximum Gasteiger partial charge on any atom is -0.0126 e. The first-order chi connectivity index (χ1) is 6.83. The fourth-order valence-electron chi connectivity index (χ4n) is 1.84. The van der Waals surface area contributed by atoms with Crippen LogP contribution in [0.1, 0.15) is 37.0 Å². The van der Waals surface area contributed by atoms with Crippen molar-refractivity contribution in [2.75, 3.05) is 0 Å². The third-order valence-corrected chi connectivity index (χ3v) is 2.45. The van der Waals surface area contributed by atoms with Crippen LogP contribution in [0.3, 0.4) is 0 Å². The zero-order valence-corrected chi connectivity index (χ0v) is 9.14. The van der Waals surface area contributed by atoms with Crippen molar-refractivity contribution in [2.24, 2.45) is 0 Å². The van der Waals surface area contributed by atoms with E-state index in [0.717, 1.165) is 12.8 Å². The minimum Gasteiger partial charge on any atom is -0.0984 e. The van der Waals surface area contributed by atoms with Gasteiger partial charge in [-0.1, -0.05) is 51.3 Å². The second-order valence-corrected chi connectivity index (χ2v) is 3.19. The summed E-state index contributed by atoms with van der Waals surface area (Å²) in [6, 6.07) is 6.37. The van der Waals surface area contributed by atoms with E-state index in [1.807, 2.05) is 19.9 Å². The van der Waals surface area contributed by atoms with Gasteiger partial charge in [0.05, 0.1) is 0 Å². The standard InChI is InChI=1S/C12H12.C2H6/c1-3-10-5-4-6-11-8-7-9(2)12(10)11;1-2/h3-6H,1-2,7-8H2;1-2H3. The highest BCUT2D eigenvalue weighted by molar-refractivity contribution is 5.78. The van der Waals surface area contributed by atoms with Crippen LogP contribution in [-0.2, 0) is 6.42 Å². The molecule has 0 radical (unpaired) electrons. The molecule has 1 aromatic rings. The molecule has 74 valence electrons. The van der Waals surface area contributed by atoms with Crippen LogP contribution in [-0.4, -0.2) is 0 Å². The highest BCUT2D eigenvalue weighted by Gasteiger charge is 2.15. The summed E-state index contributed by atoms with van der Waals surface area (Å²) in [7, 11) is 0. The smallest absolute Gasteiger partial charge is 0.0126 e. The molecule has 1 aliphatic carbocycles. The Morgan fingerprint density at radius 2 is 1.93 bits per heavy atom. The van der Waals surface area contributed by atoms with E-state index in [1.54, 1.807) is 0 Å². The van der Waals surface area contributed by atoms with Crippen molar-refractivity contribution in [3.63, 3.8) is 0 Å². The molecule has 0 amide bonds.